The van der Waals surface area contributed by atoms with Crippen LogP contribution in [0.4, 0.5) is 0 Å². The first-order chi connectivity index (χ1) is 5.62. The van der Waals surface area contributed by atoms with Crippen LogP contribution in [0.2, 0.25) is 0 Å². The molecule has 0 aliphatic rings. The fourth-order valence-corrected chi connectivity index (χ4v) is 2.50. The Morgan fingerprint density at radius 2 is 1.92 bits per heavy atom. The summed E-state index contributed by atoms with van der Waals surface area (Å²) in [4.78, 5) is 0. The monoisotopic (exact) mass is 305 g/mol. The lowest BCUT2D eigenvalue weighted by atomic mass is 10.6. The van der Waals surface area contributed by atoms with E-state index in [0.717, 1.165) is 11.0 Å². The highest BCUT2D eigenvalue weighted by Gasteiger charge is 2.07. The summed E-state index contributed by atoms with van der Waals surface area (Å²) in [6.45, 7) is 3.36. The van der Waals surface area contributed by atoms with E-state index in [4.69, 9.17) is 0 Å². The summed E-state index contributed by atoms with van der Waals surface area (Å²) >= 11 is 2.25. The number of halogens is 1. The average Bonchev–Trinajstić information content (AvgIpc) is 1.98. The van der Waals surface area contributed by atoms with Crippen molar-refractivity contribution in [3.05, 3.63) is 0 Å². The van der Waals surface area contributed by atoms with Gasteiger partial charge in [-0.05, 0) is 6.42 Å². The van der Waals surface area contributed by atoms with Gasteiger partial charge in [-0.25, -0.2) is 8.42 Å². The number of nitrogens with one attached hydrogen (secondary N) is 1. The molecular formula is C7H16INO2S. The molecule has 5 heteroatoms. The number of alkyl halides is 1. The Hall–Kier alpha value is 0.640. The van der Waals surface area contributed by atoms with Crippen LogP contribution >= 0.6 is 22.6 Å². The van der Waals surface area contributed by atoms with E-state index < -0.39 is 9.84 Å². The second kappa shape index (κ2) is 7.08. The first-order valence-electron chi connectivity index (χ1n) is 4.09. The lowest BCUT2D eigenvalue weighted by molar-refractivity contribution is 0.591. The van der Waals surface area contributed by atoms with Crippen LogP contribution in [-0.2, 0) is 9.84 Å². The number of hydrogen-bond acceptors (Lipinski definition) is 3. The Labute approximate surface area is 88.4 Å². The molecule has 12 heavy (non-hydrogen) atoms. The summed E-state index contributed by atoms with van der Waals surface area (Å²) in [6.07, 6.45) is 0.717. The first kappa shape index (κ1) is 12.6. The lowest BCUT2D eigenvalue weighted by Gasteiger charge is -2.02. The van der Waals surface area contributed by atoms with Crippen LogP contribution in [0.3, 0.4) is 0 Å². The van der Waals surface area contributed by atoms with Gasteiger partial charge < -0.3 is 5.32 Å². The summed E-state index contributed by atoms with van der Waals surface area (Å²) in [6, 6.07) is 0. The molecule has 0 aromatic heterocycles. The second-order valence-electron chi connectivity index (χ2n) is 2.59. The van der Waals surface area contributed by atoms with Gasteiger partial charge in [-0.2, -0.15) is 0 Å². The molecule has 1 N–H and O–H groups in total. The third-order valence-electron chi connectivity index (χ3n) is 1.38. The van der Waals surface area contributed by atoms with E-state index in [1.54, 1.807) is 0 Å². The van der Waals surface area contributed by atoms with Crippen LogP contribution in [0.25, 0.3) is 0 Å². The molecule has 0 amide bonds. The van der Waals surface area contributed by atoms with E-state index in [2.05, 4.69) is 27.9 Å². The Balaban J connectivity index is 3.48. The number of sulfone groups is 1. The Bertz CT molecular complexity index is 192. The largest absolute Gasteiger partial charge is 0.315 e. The molecule has 0 saturated carbocycles. The maximum absolute atomic E-state index is 11.2. The Morgan fingerprint density at radius 1 is 1.25 bits per heavy atom. The molecule has 0 saturated heterocycles. The van der Waals surface area contributed by atoms with Crippen molar-refractivity contribution >= 4 is 32.4 Å². The molecule has 0 heterocycles. The summed E-state index contributed by atoms with van der Waals surface area (Å²) < 4.78 is 23.3. The molecule has 0 aromatic carbocycles. The summed E-state index contributed by atoms with van der Waals surface area (Å²) in [5.74, 6) is 0.594. The Kier molecular flexibility index (Phi) is 7.46. The molecule has 0 unspecified atom stereocenters. The number of rotatable bonds is 7. The zero-order valence-electron chi connectivity index (χ0n) is 7.35. The van der Waals surface area contributed by atoms with Crippen molar-refractivity contribution in [1.82, 2.24) is 5.32 Å². The molecule has 0 rings (SSSR count). The van der Waals surface area contributed by atoms with Gasteiger partial charge in [0, 0.05) is 23.3 Å². The highest BCUT2D eigenvalue weighted by atomic mass is 127. The smallest absolute Gasteiger partial charge is 0.151 e. The zero-order valence-corrected chi connectivity index (χ0v) is 10.3. The molecule has 0 aliphatic carbocycles. The molecule has 0 aromatic rings. The normalized spacial score (nSPS) is 11.8. The van der Waals surface area contributed by atoms with Gasteiger partial charge >= 0.3 is 0 Å². The van der Waals surface area contributed by atoms with E-state index in [-0.39, 0.29) is 5.75 Å². The topological polar surface area (TPSA) is 46.2 Å². The van der Waals surface area contributed by atoms with Gasteiger partial charge in [0.25, 0.3) is 0 Å². The van der Waals surface area contributed by atoms with Crippen LogP contribution in [0.5, 0.6) is 0 Å². The quantitative estimate of drug-likeness (QED) is 0.431. The van der Waals surface area contributed by atoms with Crippen LogP contribution in [-0.4, -0.2) is 37.4 Å². The van der Waals surface area contributed by atoms with E-state index in [1.165, 1.54) is 0 Å². The predicted octanol–water partition coefficient (Wildman–Crippen LogP) is 0.836. The zero-order chi connectivity index (χ0) is 9.45. The molecule has 0 aliphatic heterocycles. The fourth-order valence-electron chi connectivity index (χ4n) is 0.833. The van der Waals surface area contributed by atoms with Gasteiger partial charge in [-0.1, -0.05) is 29.5 Å². The lowest BCUT2D eigenvalue weighted by Crippen LogP contribution is -2.25. The predicted molar refractivity (Wildman–Crippen MR) is 60.7 cm³/mol. The van der Waals surface area contributed by atoms with Crippen molar-refractivity contribution in [3.8, 4) is 0 Å². The van der Waals surface area contributed by atoms with Crippen molar-refractivity contribution in [2.24, 2.45) is 0 Å². The molecule has 0 fully saturated rings. The molecule has 3 nitrogen and oxygen atoms in total. The maximum atomic E-state index is 11.2. The van der Waals surface area contributed by atoms with Gasteiger partial charge in [0.05, 0.1) is 5.75 Å². The molecule has 0 atom stereocenters. The highest BCUT2D eigenvalue weighted by Crippen LogP contribution is 1.91. The highest BCUT2D eigenvalue weighted by molar-refractivity contribution is 14.1. The minimum atomic E-state index is -2.78. The minimum absolute atomic E-state index is 0.275. The maximum Gasteiger partial charge on any atom is 0.151 e. The summed E-state index contributed by atoms with van der Waals surface area (Å²) in [5.41, 5.74) is 0. The van der Waals surface area contributed by atoms with Crippen molar-refractivity contribution < 1.29 is 8.42 Å². The second-order valence-corrected chi connectivity index (χ2v) is 5.97. The van der Waals surface area contributed by atoms with Crippen LogP contribution in [0.15, 0.2) is 0 Å². The van der Waals surface area contributed by atoms with Crippen LogP contribution in [0.1, 0.15) is 13.3 Å². The third-order valence-corrected chi connectivity index (χ3v) is 3.77. The summed E-state index contributed by atoms with van der Waals surface area (Å²) in [7, 11) is -2.78. The molecular weight excluding hydrogens is 289 g/mol. The standard InChI is InChI=1S/C7H16INO2S/c1-2-6-12(10,11)7-5-9-4-3-8/h9H,2-7H2,1H3. The Morgan fingerprint density at radius 3 is 2.42 bits per heavy atom. The van der Waals surface area contributed by atoms with Crippen LogP contribution < -0.4 is 5.32 Å². The van der Waals surface area contributed by atoms with Gasteiger partial charge in [-0.15, -0.1) is 0 Å². The van der Waals surface area contributed by atoms with E-state index in [1.807, 2.05) is 6.92 Å². The summed E-state index contributed by atoms with van der Waals surface area (Å²) in [5, 5.41) is 3.06. The van der Waals surface area contributed by atoms with Gasteiger partial charge in [0.2, 0.25) is 0 Å². The molecule has 0 spiro atoms. The number of hydrogen-bond donors (Lipinski definition) is 1. The van der Waals surface area contributed by atoms with Crippen molar-refractivity contribution in [2.45, 2.75) is 13.3 Å². The average molecular weight is 305 g/mol. The van der Waals surface area contributed by atoms with Crippen LogP contribution in [0, 0.1) is 0 Å². The molecule has 0 radical (unpaired) electrons. The third kappa shape index (κ3) is 7.30. The minimum Gasteiger partial charge on any atom is -0.315 e. The van der Waals surface area contributed by atoms with Crippen molar-refractivity contribution in [1.29, 1.82) is 0 Å². The van der Waals surface area contributed by atoms with Crippen molar-refractivity contribution in [3.63, 3.8) is 0 Å². The SMILES string of the molecule is CCCS(=O)(=O)CCNCCI. The van der Waals surface area contributed by atoms with E-state index >= 15 is 0 Å². The van der Waals surface area contributed by atoms with Gasteiger partial charge in [0.15, 0.2) is 9.84 Å². The molecule has 74 valence electrons. The fraction of sp³-hybridized carbons (Fsp3) is 1.00. The van der Waals surface area contributed by atoms with Gasteiger partial charge in [0.1, 0.15) is 0 Å². The van der Waals surface area contributed by atoms with E-state index in [9.17, 15) is 8.42 Å². The van der Waals surface area contributed by atoms with Gasteiger partial charge in [-0.3, -0.25) is 0 Å². The van der Waals surface area contributed by atoms with E-state index in [0.29, 0.717) is 18.7 Å². The molecule has 0 bridgehead atoms. The van der Waals surface area contributed by atoms with Crippen molar-refractivity contribution in [2.75, 3.05) is 29.0 Å². The first-order valence-corrected chi connectivity index (χ1v) is 7.44.